The molecular weight excluding hydrogens is 438 g/mol. The molecule has 0 saturated heterocycles. The van der Waals surface area contributed by atoms with Gasteiger partial charge in [-0.2, -0.15) is 0 Å². The maximum Gasteiger partial charge on any atom is 0.409 e. The molecule has 2 aromatic heterocycles. The second-order valence-electron chi connectivity index (χ2n) is 9.55. The number of hydrogen-bond acceptors (Lipinski definition) is 7. The summed E-state index contributed by atoms with van der Waals surface area (Å²) in [6.45, 7) is 3.11. The summed E-state index contributed by atoms with van der Waals surface area (Å²) >= 11 is 0. The first-order valence-corrected chi connectivity index (χ1v) is 11.9. The van der Waals surface area contributed by atoms with Gasteiger partial charge in [-0.05, 0) is 63.0 Å². The lowest BCUT2D eigenvalue weighted by atomic mass is 9.85. The zero-order valence-corrected chi connectivity index (χ0v) is 20.1. The number of nitrogens with zero attached hydrogens (tertiary/aromatic N) is 5. The summed E-state index contributed by atoms with van der Waals surface area (Å²) in [4.78, 5) is 29.8. The van der Waals surface area contributed by atoms with Crippen LogP contribution in [0, 0.1) is 24.7 Å². The Morgan fingerprint density at radius 1 is 1.21 bits per heavy atom. The molecule has 2 fully saturated rings. The number of carboxylic acids is 1. The maximum atomic E-state index is 12.4. The van der Waals surface area contributed by atoms with Gasteiger partial charge in [-0.25, -0.2) is 14.5 Å². The van der Waals surface area contributed by atoms with Crippen molar-refractivity contribution in [3.05, 3.63) is 23.5 Å². The predicted octanol–water partition coefficient (Wildman–Crippen LogP) is 3.43. The molecule has 2 aliphatic carbocycles. The summed E-state index contributed by atoms with van der Waals surface area (Å²) in [5.74, 6) is 0.491. The molecule has 0 aromatic carbocycles. The second-order valence-corrected chi connectivity index (χ2v) is 9.55. The number of pyridine rings is 1. The first kappa shape index (κ1) is 24.0. The van der Waals surface area contributed by atoms with E-state index in [4.69, 9.17) is 9.47 Å². The summed E-state index contributed by atoms with van der Waals surface area (Å²) in [5, 5.41) is 17.5. The molecule has 2 saturated carbocycles. The number of aromatic nitrogens is 4. The van der Waals surface area contributed by atoms with Crippen molar-refractivity contribution in [1.29, 1.82) is 0 Å². The van der Waals surface area contributed by atoms with Crippen molar-refractivity contribution in [1.82, 2.24) is 24.9 Å². The lowest BCUT2D eigenvalue weighted by Crippen LogP contribution is -2.34. The van der Waals surface area contributed by atoms with Gasteiger partial charge in [0, 0.05) is 20.6 Å². The van der Waals surface area contributed by atoms with Crippen LogP contribution in [0.3, 0.4) is 0 Å². The van der Waals surface area contributed by atoms with Crippen LogP contribution in [0.4, 0.5) is 4.79 Å². The lowest BCUT2D eigenvalue weighted by Gasteiger charge is -2.29. The quantitative estimate of drug-likeness (QED) is 0.591. The smallest absolute Gasteiger partial charge is 0.409 e. The lowest BCUT2D eigenvalue weighted by molar-refractivity contribution is -0.141. The van der Waals surface area contributed by atoms with Crippen molar-refractivity contribution in [3.63, 3.8) is 0 Å². The number of carbonyl (C=O) groups is 2. The molecule has 34 heavy (non-hydrogen) atoms. The van der Waals surface area contributed by atoms with E-state index in [1.165, 1.54) is 19.3 Å². The van der Waals surface area contributed by atoms with Gasteiger partial charge in [-0.3, -0.25) is 4.79 Å². The van der Waals surface area contributed by atoms with E-state index in [9.17, 15) is 14.7 Å². The summed E-state index contributed by atoms with van der Waals surface area (Å²) in [7, 11) is 3.52. The number of carboxylic acid groups (broad SMARTS) is 1. The van der Waals surface area contributed by atoms with Crippen LogP contribution in [0.25, 0.3) is 11.4 Å². The van der Waals surface area contributed by atoms with E-state index in [1.54, 1.807) is 23.7 Å². The normalized spacial score (nSPS) is 20.1. The third-order valence-electron chi connectivity index (χ3n) is 6.99. The van der Waals surface area contributed by atoms with Gasteiger partial charge >= 0.3 is 12.1 Å². The highest BCUT2D eigenvalue weighted by atomic mass is 16.6. The van der Waals surface area contributed by atoms with Crippen molar-refractivity contribution in [2.24, 2.45) is 24.8 Å². The van der Waals surface area contributed by atoms with Crippen LogP contribution in [0.5, 0.6) is 5.75 Å². The number of carbonyl (C=O) groups excluding carboxylic acids is 1. The van der Waals surface area contributed by atoms with Crippen LogP contribution in [0.1, 0.15) is 49.9 Å². The Labute approximate surface area is 199 Å². The minimum Gasteiger partial charge on any atom is -0.491 e. The summed E-state index contributed by atoms with van der Waals surface area (Å²) in [6, 6.07) is 3.66. The SMILES string of the molecule is Cc1nc(-c2nnn(C)c2COC(=O)N(C)CC2CCC2)ccc1OC[C@@H]1CC[C@H](C(=O)O)C1. The summed E-state index contributed by atoms with van der Waals surface area (Å²) in [5.41, 5.74) is 2.56. The number of aryl methyl sites for hydroxylation is 2. The van der Waals surface area contributed by atoms with E-state index in [2.05, 4.69) is 15.3 Å². The standard InChI is InChI=1S/C24H33N5O5/c1-15-21(33-13-17-7-8-18(11-17)23(30)31)10-9-19(25-15)22-20(29(3)27-26-22)14-34-24(32)28(2)12-16-5-4-6-16/h9-10,16-18H,4-8,11-14H2,1-3H3,(H,30,31)/t17-,18+/m1/s1. The fraction of sp³-hybridized carbons (Fsp3) is 0.625. The molecule has 0 aliphatic heterocycles. The molecule has 1 N–H and O–H groups in total. The van der Waals surface area contributed by atoms with Gasteiger partial charge < -0.3 is 19.5 Å². The van der Waals surface area contributed by atoms with Gasteiger partial charge in [0.25, 0.3) is 0 Å². The van der Waals surface area contributed by atoms with Crippen LogP contribution in [0.15, 0.2) is 12.1 Å². The molecule has 1 amide bonds. The highest BCUT2D eigenvalue weighted by molar-refractivity contribution is 5.70. The number of amides is 1. The van der Waals surface area contributed by atoms with Gasteiger partial charge in [0.2, 0.25) is 0 Å². The number of aliphatic carboxylic acids is 1. The Morgan fingerprint density at radius 2 is 2.00 bits per heavy atom. The highest BCUT2D eigenvalue weighted by Gasteiger charge is 2.30. The zero-order valence-electron chi connectivity index (χ0n) is 20.1. The van der Waals surface area contributed by atoms with Crippen LogP contribution in [-0.2, 0) is 23.2 Å². The average Bonchev–Trinajstić information content (AvgIpc) is 3.40. The second kappa shape index (κ2) is 10.4. The van der Waals surface area contributed by atoms with E-state index in [0.29, 0.717) is 53.9 Å². The molecule has 0 radical (unpaired) electrons. The van der Waals surface area contributed by atoms with Crippen LogP contribution < -0.4 is 4.74 Å². The Kier molecular flexibility index (Phi) is 7.33. The van der Waals surface area contributed by atoms with Gasteiger partial charge in [-0.1, -0.05) is 11.6 Å². The van der Waals surface area contributed by atoms with E-state index < -0.39 is 5.97 Å². The number of ether oxygens (including phenoxy) is 2. The van der Waals surface area contributed by atoms with Crippen molar-refractivity contribution >= 4 is 12.1 Å². The maximum absolute atomic E-state index is 12.4. The van der Waals surface area contributed by atoms with E-state index in [-0.39, 0.29) is 24.5 Å². The van der Waals surface area contributed by atoms with Gasteiger partial charge in [0.05, 0.1) is 23.9 Å². The highest BCUT2D eigenvalue weighted by Crippen LogP contribution is 2.32. The fourth-order valence-corrected chi connectivity index (χ4v) is 4.61. The third-order valence-corrected chi connectivity index (χ3v) is 6.99. The predicted molar refractivity (Wildman–Crippen MR) is 123 cm³/mol. The van der Waals surface area contributed by atoms with E-state index >= 15 is 0 Å². The molecule has 0 bridgehead atoms. The largest absolute Gasteiger partial charge is 0.491 e. The average molecular weight is 472 g/mol. The number of hydrogen-bond donors (Lipinski definition) is 1. The van der Waals surface area contributed by atoms with Gasteiger partial charge in [0.1, 0.15) is 23.7 Å². The van der Waals surface area contributed by atoms with Gasteiger partial charge in [0.15, 0.2) is 0 Å². The molecule has 0 spiro atoms. The molecule has 2 aliphatic rings. The monoisotopic (exact) mass is 471 g/mol. The van der Waals surface area contributed by atoms with Crippen LogP contribution >= 0.6 is 0 Å². The van der Waals surface area contributed by atoms with Crippen molar-refractivity contribution in [2.75, 3.05) is 20.2 Å². The van der Waals surface area contributed by atoms with E-state index in [0.717, 1.165) is 13.0 Å². The molecule has 4 rings (SSSR count). The Morgan fingerprint density at radius 3 is 2.65 bits per heavy atom. The van der Waals surface area contributed by atoms with Crippen molar-refractivity contribution < 1.29 is 24.2 Å². The van der Waals surface area contributed by atoms with Gasteiger partial charge in [-0.15, -0.1) is 5.10 Å². The topological polar surface area (TPSA) is 120 Å². The Balaban J connectivity index is 1.36. The minimum atomic E-state index is -0.722. The van der Waals surface area contributed by atoms with E-state index in [1.807, 2.05) is 19.1 Å². The molecule has 10 nitrogen and oxygen atoms in total. The molecule has 10 heteroatoms. The van der Waals surface area contributed by atoms with Crippen molar-refractivity contribution in [3.8, 4) is 17.1 Å². The fourth-order valence-electron chi connectivity index (χ4n) is 4.61. The molecular formula is C24H33N5O5. The third kappa shape index (κ3) is 5.48. The van der Waals surface area contributed by atoms with Crippen molar-refractivity contribution in [2.45, 2.75) is 52.1 Å². The Hall–Kier alpha value is -3.17. The number of rotatable bonds is 9. The first-order chi connectivity index (χ1) is 16.3. The molecule has 2 heterocycles. The molecule has 2 atom stereocenters. The first-order valence-electron chi connectivity index (χ1n) is 11.9. The van der Waals surface area contributed by atoms with Crippen LogP contribution in [-0.4, -0.2) is 62.2 Å². The molecule has 2 aromatic rings. The summed E-state index contributed by atoms with van der Waals surface area (Å²) < 4.78 is 13.1. The van der Waals surface area contributed by atoms with Crippen LogP contribution in [0.2, 0.25) is 0 Å². The minimum absolute atomic E-state index is 0.0536. The summed E-state index contributed by atoms with van der Waals surface area (Å²) in [6.07, 6.45) is 5.43. The molecule has 184 valence electrons. The Bertz CT molecular complexity index is 1030. The zero-order chi connectivity index (χ0) is 24.2. The molecule has 0 unspecified atom stereocenters.